The molecule has 218 valence electrons. The van der Waals surface area contributed by atoms with Gasteiger partial charge in [0, 0.05) is 17.7 Å². The van der Waals surface area contributed by atoms with Gasteiger partial charge in [0.15, 0.2) is 0 Å². The van der Waals surface area contributed by atoms with Gasteiger partial charge < -0.3 is 37.9 Å². The number of nitrogens with zero attached hydrogens (tertiary/aromatic N) is 1. The zero-order chi connectivity index (χ0) is 28.7. The van der Waals surface area contributed by atoms with Crippen LogP contribution in [0, 0.1) is 22.5 Å². The fourth-order valence-corrected chi connectivity index (χ4v) is 2.99. The van der Waals surface area contributed by atoms with Gasteiger partial charge in [0.2, 0.25) is 0 Å². The molecule has 40 heavy (non-hydrogen) atoms. The Morgan fingerprint density at radius 3 is 1.73 bits per heavy atom. The van der Waals surface area contributed by atoms with Crippen molar-refractivity contribution in [2.75, 3.05) is 79.3 Å². The fraction of sp³-hybridized carbons (Fsp3) is 0.464. The van der Waals surface area contributed by atoms with Gasteiger partial charge in [0.05, 0.1) is 84.2 Å². The van der Waals surface area contributed by atoms with Crippen molar-refractivity contribution >= 4 is 11.8 Å². The summed E-state index contributed by atoms with van der Waals surface area (Å²) >= 11 is 0. The van der Waals surface area contributed by atoms with Gasteiger partial charge in [-0.1, -0.05) is 18.1 Å². The first-order valence-corrected chi connectivity index (χ1v) is 12.7. The molecule has 2 rings (SSSR count). The zero-order valence-corrected chi connectivity index (χ0v) is 22.3. The van der Waals surface area contributed by atoms with Crippen LogP contribution in [0.15, 0.2) is 48.5 Å². The van der Waals surface area contributed by atoms with Gasteiger partial charge in [-0.15, -0.1) is 6.42 Å². The number of nitro benzene ring substituents is 1. The molecular weight excluding hydrogens is 526 g/mol. The molecule has 0 heterocycles. The molecule has 0 fully saturated rings. The van der Waals surface area contributed by atoms with Crippen molar-refractivity contribution in [1.29, 1.82) is 0 Å². The Balaban J connectivity index is 1.27. The summed E-state index contributed by atoms with van der Waals surface area (Å²) in [5.41, 5.74) is 1.76. The maximum atomic E-state index is 11.6. The van der Waals surface area contributed by atoms with E-state index in [1.54, 1.807) is 0 Å². The standard InChI is InChI=1S/C28H35NO11/c1-2-24-4-3-5-25(22-24)23-38-19-18-36-15-14-34-11-10-33-12-13-35-16-17-37-20-21-39-28(30)40-27-8-6-26(7-9-27)29(31)32/h1,3-9,22H,10-21,23H2. The van der Waals surface area contributed by atoms with Crippen LogP contribution in [-0.4, -0.2) is 90.4 Å². The predicted molar refractivity (Wildman–Crippen MR) is 143 cm³/mol. The van der Waals surface area contributed by atoms with E-state index in [4.69, 9.17) is 44.3 Å². The van der Waals surface area contributed by atoms with Crippen LogP contribution < -0.4 is 4.74 Å². The molecule has 0 saturated heterocycles. The lowest BCUT2D eigenvalue weighted by Gasteiger charge is -2.09. The molecule has 2 aromatic rings. The minimum absolute atomic E-state index is 0.00356. The highest BCUT2D eigenvalue weighted by Crippen LogP contribution is 2.17. The van der Waals surface area contributed by atoms with Gasteiger partial charge >= 0.3 is 6.16 Å². The lowest BCUT2D eigenvalue weighted by molar-refractivity contribution is -0.384. The number of carbonyl (C=O) groups is 1. The smallest absolute Gasteiger partial charge is 0.432 e. The molecule has 0 spiro atoms. The summed E-state index contributed by atoms with van der Waals surface area (Å²) in [6.07, 6.45) is 4.46. The number of ether oxygens (including phenoxy) is 8. The molecular formula is C28H35NO11. The van der Waals surface area contributed by atoms with Crippen molar-refractivity contribution in [1.82, 2.24) is 0 Å². The molecule has 2 aromatic carbocycles. The number of hydrogen-bond donors (Lipinski definition) is 0. The lowest BCUT2D eigenvalue weighted by atomic mass is 10.1. The average Bonchev–Trinajstić information content (AvgIpc) is 2.96. The second kappa shape index (κ2) is 21.3. The fourth-order valence-electron chi connectivity index (χ4n) is 2.99. The van der Waals surface area contributed by atoms with Crippen molar-refractivity contribution in [3.8, 4) is 18.1 Å². The molecule has 0 aliphatic heterocycles. The highest BCUT2D eigenvalue weighted by molar-refractivity contribution is 5.63. The summed E-state index contributed by atoms with van der Waals surface area (Å²) in [5, 5.41) is 10.6. The van der Waals surface area contributed by atoms with E-state index >= 15 is 0 Å². The van der Waals surface area contributed by atoms with E-state index in [1.807, 2.05) is 24.3 Å². The minimum Gasteiger partial charge on any atom is -0.432 e. The van der Waals surface area contributed by atoms with E-state index in [9.17, 15) is 14.9 Å². The highest BCUT2D eigenvalue weighted by Gasteiger charge is 2.09. The molecule has 12 nitrogen and oxygen atoms in total. The van der Waals surface area contributed by atoms with E-state index in [1.165, 1.54) is 24.3 Å². The Kier molecular flexibility index (Phi) is 17.4. The molecule has 0 N–H and O–H groups in total. The van der Waals surface area contributed by atoms with Crippen molar-refractivity contribution in [3.63, 3.8) is 0 Å². The summed E-state index contributed by atoms with van der Waals surface area (Å²) in [4.78, 5) is 21.6. The number of carbonyl (C=O) groups excluding carboxylic acids is 1. The normalized spacial score (nSPS) is 10.7. The molecule has 0 aliphatic rings. The van der Waals surface area contributed by atoms with Gasteiger partial charge in [-0.2, -0.15) is 0 Å². The van der Waals surface area contributed by atoms with Gasteiger partial charge in [-0.25, -0.2) is 4.79 Å². The summed E-state index contributed by atoms with van der Waals surface area (Å²) < 4.78 is 42.3. The molecule has 0 unspecified atom stereocenters. The van der Waals surface area contributed by atoms with Crippen LogP contribution in [0.1, 0.15) is 11.1 Å². The Labute approximate surface area is 233 Å². The Morgan fingerprint density at radius 1 is 0.725 bits per heavy atom. The van der Waals surface area contributed by atoms with Crippen LogP contribution in [0.3, 0.4) is 0 Å². The maximum absolute atomic E-state index is 11.6. The van der Waals surface area contributed by atoms with Gasteiger partial charge in [0.1, 0.15) is 12.4 Å². The molecule has 12 heteroatoms. The first kappa shape index (κ1) is 32.6. The number of terminal acetylenes is 1. The molecule has 0 bridgehead atoms. The van der Waals surface area contributed by atoms with E-state index in [2.05, 4.69) is 5.92 Å². The van der Waals surface area contributed by atoms with Crippen LogP contribution in [0.4, 0.5) is 10.5 Å². The summed E-state index contributed by atoms with van der Waals surface area (Å²) in [6, 6.07) is 12.8. The minimum atomic E-state index is -0.924. The van der Waals surface area contributed by atoms with E-state index < -0.39 is 11.1 Å². The monoisotopic (exact) mass is 561 g/mol. The first-order valence-electron chi connectivity index (χ1n) is 12.7. The van der Waals surface area contributed by atoms with Crippen molar-refractivity contribution in [2.24, 2.45) is 0 Å². The topological polar surface area (TPSA) is 134 Å². The second-order valence-corrected chi connectivity index (χ2v) is 7.91. The lowest BCUT2D eigenvalue weighted by Crippen LogP contribution is -2.16. The predicted octanol–water partition coefficient (Wildman–Crippen LogP) is 3.39. The largest absolute Gasteiger partial charge is 0.513 e. The van der Waals surface area contributed by atoms with Gasteiger partial charge in [0.25, 0.3) is 5.69 Å². The average molecular weight is 562 g/mol. The number of benzene rings is 2. The number of rotatable bonds is 22. The molecule has 0 amide bonds. The van der Waals surface area contributed by atoms with Crippen molar-refractivity contribution in [2.45, 2.75) is 6.61 Å². The number of hydrogen-bond acceptors (Lipinski definition) is 11. The third kappa shape index (κ3) is 15.7. The second-order valence-electron chi connectivity index (χ2n) is 7.91. The third-order valence-corrected chi connectivity index (χ3v) is 4.92. The summed E-state index contributed by atoms with van der Waals surface area (Å²) in [7, 11) is 0. The molecule has 0 saturated carbocycles. The van der Waals surface area contributed by atoms with Crippen LogP contribution in [-0.2, 0) is 39.8 Å². The Morgan fingerprint density at radius 2 is 1.23 bits per heavy atom. The quantitative estimate of drug-likeness (QED) is 0.0523. The molecule has 0 radical (unpaired) electrons. The van der Waals surface area contributed by atoms with E-state index in [0.717, 1.165) is 11.1 Å². The molecule has 0 aliphatic carbocycles. The third-order valence-electron chi connectivity index (χ3n) is 4.92. The van der Waals surface area contributed by atoms with Crippen LogP contribution in [0.25, 0.3) is 0 Å². The molecule has 0 atom stereocenters. The van der Waals surface area contributed by atoms with E-state index in [0.29, 0.717) is 72.7 Å². The van der Waals surface area contributed by atoms with E-state index in [-0.39, 0.29) is 24.7 Å². The maximum Gasteiger partial charge on any atom is 0.513 e. The Bertz CT molecular complexity index is 1020. The van der Waals surface area contributed by atoms with Crippen molar-refractivity contribution < 1.29 is 47.6 Å². The highest BCUT2D eigenvalue weighted by atomic mass is 16.7. The number of nitro groups is 1. The SMILES string of the molecule is C#Cc1cccc(COCCOCCOCCOCCOCCOCCOC(=O)Oc2ccc([N+](=O)[O-])cc2)c1. The van der Waals surface area contributed by atoms with Crippen LogP contribution in [0.2, 0.25) is 0 Å². The zero-order valence-electron chi connectivity index (χ0n) is 22.3. The van der Waals surface area contributed by atoms with Crippen LogP contribution in [0.5, 0.6) is 5.75 Å². The summed E-state index contributed by atoms with van der Waals surface area (Å²) in [6.45, 7) is 5.03. The Hall–Kier alpha value is -3.57. The number of non-ortho nitro benzene ring substituents is 1. The van der Waals surface area contributed by atoms with Crippen LogP contribution >= 0.6 is 0 Å². The summed E-state index contributed by atoms with van der Waals surface area (Å²) in [5.74, 6) is 2.74. The molecule has 0 aromatic heterocycles. The van der Waals surface area contributed by atoms with Gasteiger partial charge in [-0.3, -0.25) is 10.1 Å². The first-order chi connectivity index (χ1) is 19.6. The van der Waals surface area contributed by atoms with Crippen molar-refractivity contribution in [3.05, 3.63) is 69.8 Å². The van der Waals surface area contributed by atoms with Gasteiger partial charge in [-0.05, 0) is 29.8 Å².